The fourth-order valence-corrected chi connectivity index (χ4v) is 4.04. The smallest absolute Gasteiger partial charge is 0.257 e. The van der Waals surface area contributed by atoms with Crippen molar-refractivity contribution in [1.29, 1.82) is 0 Å². The molecule has 1 saturated heterocycles. The van der Waals surface area contributed by atoms with Crippen LogP contribution in [0.15, 0.2) is 18.6 Å². The molecule has 1 amide bonds. The fourth-order valence-electron chi connectivity index (χ4n) is 4.04. The number of aliphatic hydroxyl groups excluding tert-OH is 1. The predicted octanol–water partition coefficient (Wildman–Crippen LogP) is -0.289. The third-order valence-electron chi connectivity index (χ3n) is 5.30. The molecular weight excluding hydrogens is 322 g/mol. The van der Waals surface area contributed by atoms with Crippen molar-refractivity contribution in [2.24, 2.45) is 5.92 Å². The average Bonchev–Trinajstić information content (AvgIpc) is 3.16. The van der Waals surface area contributed by atoms with Gasteiger partial charge in [0.25, 0.3) is 5.91 Å². The molecule has 2 aromatic heterocycles. The first-order valence-corrected chi connectivity index (χ1v) is 8.62. The van der Waals surface area contributed by atoms with E-state index >= 15 is 0 Å². The molecule has 0 bridgehead atoms. The number of aromatic nitrogens is 3. The van der Waals surface area contributed by atoms with Crippen molar-refractivity contribution in [3.05, 3.63) is 29.7 Å². The van der Waals surface area contributed by atoms with Crippen LogP contribution < -0.4 is 5.32 Å². The zero-order chi connectivity index (χ0) is 17.6. The highest BCUT2D eigenvalue weighted by atomic mass is 16.5. The minimum atomic E-state index is -0.153. The zero-order valence-electron chi connectivity index (χ0n) is 14.4. The van der Waals surface area contributed by atoms with Crippen LogP contribution in [0.4, 0.5) is 0 Å². The van der Waals surface area contributed by atoms with E-state index in [0.717, 1.165) is 18.6 Å². The van der Waals surface area contributed by atoms with Crippen LogP contribution in [0.1, 0.15) is 22.3 Å². The van der Waals surface area contributed by atoms with Gasteiger partial charge in [0.1, 0.15) is 5.56 Å². The Morgan fingerprint density at radius 3 is 3.08 bits per heavy atom. The first-order valence-electron chi connectivity index (χ1n) is 8.62. The number of carbonyl (C=O) groups excluding carboxylic acids is 1. The lowest BCUT2D eigenvalue weighted by Gasteiger charge is -2.50. The van der Waals surface area contributed by atoms with Crippen molar-refractivity contribution in [2.75, 3.05) is 27.3 Å². The lowest BCUT2D eigenvalue weighted by Crippen LogP contribution is -2.69. The second kappa shape index (κ2) is 6.36. The Balaban J connectivity index is 1.54. The average molecular weight is 345 g/mol. The molecule has 2 fully saturated rings. The SMILES string of the molecule is CN(C)[C@@H]1[C@@H](NC(=O)c2cnn3cc(CCO)cnc23)[C@H]2CCO[C@H]21. The normalized spacial score (nSPS) is 28.2. The number of hydrogen-bond acceptors (Lipinski definition) is 6. The summed E-state index contributed by atoms with van der Waals surface area (Å²) in [5.41, 5.74) is 1.87. The molecule has 0 spiro atoms. The van der Waals surface area contributed by atoms with Crippen LogP contribution in [0, 0.1) is 5.92 Å². The third-order valence-corrected chi connectivity index (χ3v) is 5.30. The van der Waals surface area contributed by atoms with Gasteiger partial charge in [-0.3, -0.25) is 4.79 Å². The predicted molar refractivity (Wildman–Crippen MR) is 90.4 cm³/mol. The van der Waals surface area contributed by atoms with Crippen LogP contribution >= 0.6 is 0 Å². The first-order chi connectivity index (χ1) is 12.1. The van der Waals surface area contributed by atoms with Gasteiger partial charge in [0.15, 0.2) is 5.65 Å². The Kier molecular flexibility index (Phi) is 4.18. The van der Waals surface area contributed by atoms with Crippen LogP contribution in [-0.4, -0.2) is 76.0 Å². The van der Waals surface area contributed by atoms with Gasteiger partial charge in [0, 0.05) is 31.5 Å². The van der Waals surface area contributed by atoms with E-state index in [2.05, 4.69) is 20.3 Å². The molecule has 2 aliphatic rings. The van der Waals surface area contributed by atoms with Gasteiger partial charge in [-0.05, 0) is 32.5 Å². The summed E-state index contributed by atoms with van der Waals surface area (Å²) in [6, 6.07) is 0.279. The molecule has 134 valence electrons. The van der Waals surface area contributed by atoms with Gasteiger partial charge in [-0.25, -0.2) is 9.50 Å². The molecule has 2 N–H and O–H groups in total. The Morgan fingerprint density at radius 1 is 1.48 bits per heavy atom. The molecule has 0 radical (unpaired) electrons. The Hall–Kier alpha value is -2.03. The van der Waals surface area contributed by atoms with E-state index in [-0.39, 0.29) is 30.7 Å². The van der Waals surface area contributed by atoms with Gasteiger partial charge in [-0.1, -0.05) is 0 Å². The second-order valence-corrected chi connectivity index (χ2v) is 7.00. The third kappa shape index (κ3) is 2.70. The topological polar surface area (TPSA) is 92.0 Å². The fraction of sp³-hybridized carbons (Fsp3) is 0.588. The van der Waals surface area contributed by atoms with E-state index in [9.17, 15) is 4.79 Å². The van der Waals surface area contributed by atoms with E-state index in [0.29, 0.717) is 23.5 Å². The Bertz CT molecular complexity index is 790. The number of hydrogen-bond donors (Lipinski definition) is 2. The van der Waals surface area contributed by atoms with Crippen LogP contribution in [0.3, 0.4) is 0 Å². The molecule has 0 unspecified atom stereocenters. The molecule has 2 aromatic rings. The van der Waals surface area contributed by atoms with Gasteiger partial charge in [-0.2, -0.15) is 5.10 Å². The number of rotatable bonds is 5. The standard InChI is InChI=1S/C17H23N5O3/c1-21(2)14-13(11-4-6-25-15(11)14)20-17(24)12-8-19-22-9-10(3-5-23)7-18-16(12)22/h7-9,11,13-15,23H,3-6H2,1-2H3,(H,20,24)/t11-,13+,14-,15-/m1/s1. The van der Waals surface area contributed by atoms with E-state index in [4.69, 9.17) is 9.84 Å². The van der Waals surface area contributed by atoms with Crippen molar-refractivity contribution >= 4 is 11.6 Å². The summed E-state index contributed by atoms with van der Waals surface area (Å²) in [6.45, 7) is 0.817. The number of carbonyl (C=O) groups is 1. The van der Waals surface area contributed by atoms with Gasteiger partial charge >= 0.3 is 0 Å². The summed E-state index contributed by atoms with van der Waals surface area (Å²) < 4.78 is 7.38. The molecule has 1 aliphatic carbocycles. The summed E-state index contributed by atoms with van der Waals surface area (Å²) in [5, 5.41) is 16.4. The van der Waals surface area contributed by atoms with Gasteiger partial charge in [0.2, 0.25) is 0 Å². The molecule has 0 aromatic carbocycles. The number of likely N-dealkylation sites (N-methyl/N-ethyl adjacent to an activating group) is 1. The summed E-state index contributed by atoms with van der Waals surface area (Å²) in [4.78, 5) is 19.3. The minimum absolute atomic E-state index is 0.0556. The molecule has 3 heterocycles. The van der Waals surface area contributed by atoms with Crippen LogP contribution in [0.25, 0.3) is 5.65 Å². The maximum Gasteiger partial charge on any atom is 0.257 e. The Morgan fingerprint density at radius 2 is 2.32 bits per heavy atom. The number of nitrogens with zero attached hydrogens (tertiary/aromatic N) is 4. The Labute approximate surface area is 145 Å². The maximum absolute atomic E-state index is 12.8. The first kappa shape index (κ1) is 16.4. The van der Waals surface area contributed by atoms with Crippen molar-refractivity contribution in [1.82, 2.24) is 24.8 Å². The maximum atomic E-state index is 12.8. The molecule has 1 aliphatic heterocycles. The molecule has 4 atom stereocenters. The number of ether oxygens (including phenoxy) is 1. The van der Waals surface area contributed by atoms with Gasteiger partial charge < -0.3 is 20.1 Å². The van der Waals surface area contributed by atoms with Gasteiger partial charge in [-0.15, -0.1) is 0 Å². The van der Waals surface area contributed by atoms with Crippen molar-refractivity contribution < 1.29 is 14.6 Å². The summed E-state index contributed by atoms with van der Waals surface area (Å²) in [5.74, 6) is 0.224. The molecule has 8 nitrogen and oxygen atoms in total. The highest BCUT2D eigenvalue weighted by Gasteiger charge is 2.55. The molecule has 8 heteroatoms. The van der Waals surface area contributed by atoms with Crippen LogP contribution in [0.5, 0.6) is 0 Å². The molecule has 4 rings (SSSR count). The quantitative estimate of drug-likeness (QED) is 0.774. The molecule has 25 heavy (non-hydrogen) atoms. The summed E-state index contributed by atoms with van der Waals surface area (Å²) >= 11 is 0. The van der Waals surface area contributed by atoms with E-state index in [1.165, 1.54) is 0 Å². The zero-order valence-corrected chi connectivity index (χ0v) is 14.4. The lowest BCUT2D eigenvalue weighted by molar-refractivity contribution is -0.0664. The van der Waals surface area contributed by atoms with Gasteiger partial charge in [0.05, 0.1) is 24.4 Å². The number of aliphatic hydroxyl groups is 1. The number of fused-ring (bicyclic) bond motifs is 2. The largest absolute Gasteiger partial charge is 0.396 e. The second-order valence-electron chi connectivity index (χ2n) is 7.00. The highest BCUT2D eigenvalue weighted by Crippen LogP contribution is 2.41. The monoisotopic (exact) mass is 345 g/mol. The molecular formula is C17H23N5O3. The van der Waals surface area contributed by atoms with Crippen molar-refractivity contribution in [3.8, 4) is 0 Å². The van der Waals surface area contributed by atoms with E-state index < -0.39 is 0 Å². The molecule has 1 saturated carbocycles. The van der Waals surface area contributed by atoms with Crippen molar-refractivity contribution in [3.63, 3.8) is 0 Å². The lowest BCUT2D eigenvalue weighted by atomic mass is 9.71. The summed E-state index contributed by atoms with van der Waals surface area (Å²) in [6.07, 6.45) is 6.73. The van der Waals surface area contributed by atoms with Crippen molar-refractivity contribution in [2.45, 2.75) is 31.0 Å². The minimum Gasteiger partial charge on any atom is -0.396 e. The van der Waals surface area contributed by atoms with Crippen LogP contribution in [-0.2, 0) is 11.2 Å². The van der Waals surface area contributed by atoms with E-state index in [1.807, 2.05) is 14.1 Å². The van der Waals surface area contributed by atoms with E-state index in [1.54, 1.807) is 23.1 Å². The summed E-state index contributed by atoms with van der Waals surface area (Å²) in [7, 11) is 4.03. The highest BCUT2D eigenvalue weighted by molar-refractivity contribution is 5.99. The van der Waals surface area contributed by atoms with Crippen LogP contribution in [0.2, 0.25) is 0 Å². The number of nitrogens with one attached hydrogen (secondary N) is 1. The number of amides is 1.